The number of amides is 1. The van der Waals surface area contributed by atoms with Gasteiger partial charge >= 0.3 is 0 Å². The molecule has 0 heterocycles. The molecule has 0 aliphatic heterocycles. The molecule has 2 aromatic carbocycles. The summed E-state index contributed by atoms with van der Waals surface area (Å²) in [5.74, 6) is -0.210. The molecule has 0 fully saturated rings. The molecule has 98 valence electrons. The second kappa shape index (κ2) is 6.07. The molecule has 19 heavy (non-hydrogen) atoms. The summed E-state index contributed by atoms with van der Waals surface area (Å²) in [5, 5.41) is 2.83. The SMILES string of the molecule is Nc1cc(C(=O)Nc2cc(Br)ccc2Br)ccc1Br. The summed E-state index contributed by atoms with van der Waals surface area (Å²) < 4.78 is 2.48. The molecule has 1 amide bonds. The fourth-order valence-corrected chi connectivity index (χ4v) is 2.43. The number of nitrogen functional groups attached to an aromatic ring is 1. The molecule has 0 atom stereocenters. The van der Waals surface area contributed by atoms with Crippen molar-refractivity contribution in [2.24, 2.45) is 0 Å². The summed E-state index contributed by atoms with van der Waals surface area (Å²) in [5.41, 5.74) is 7.49. The lowest BCUT2D eigenvalue weighted by molar-refractivity contribution is 0.102. The molecule has 0 bridgehead atoms. The number of benzene rings is 2. The van der Waals surface area contributed by atoms with Gasteiger partial charge in [-0.2, -0.15) is 0 Å². The highest BCUT2D eigenvalue weighted by molar-refractivity contribution is 9.11. The number of hydrogen-bond donors (Lipinski definition) is 2. The molecule has 0 radical (unpaired) electrons. The molecule has 3 nitrogen and oxygen atoms in total. The summed E-state index contributed by atoms with van der Waals surface area (Å²) in [7, 11) is 0. The second-order valence-corrected chi connectivity index (χ2v) is 6.44. The van der Waals surface area contributed by atoms with Crippen molar-refractivity contribution in [3.63, 3.8) is 0 Å². The van der Waals surface area contributed by atoms with Crippen LogP contribution < -0.4 is 11.1 Å². The Morgan fingerprint density at radius 1 is 1.00 bits per heavy atom. The molecule has 0 aliphatic carbocycles. The van der Waals surface area contributed by atoms with E-state index in [0.29, 0.717) is 16.9 Å². The lowest BCUT2D eigenvalue weighted by Gasteiger charge is -2.09. The van der Waals surface area contributed by atoms with E-state index in [1.165, 1.54) is 0 Å². The van der Waals surface area contributed by atoms with Gasteiger partial charge in [-0.1, -0.05) is 15.9 Å². The zero-order valence-electron chi connectivity index (χ0n) is 9.58. The van der Waals surface area contributed by atoms with Crippen molar-refractivity contribution in [3.8, 4) is 0 Å². The van der Waals surface area contributed by atoms with Gasteiger partial charge < -0.3 is 11.1 Å². The first-order valence-corrected chi connectivity index (χ1v) is 7.66. The molecule has 0 aromatic heterocycles. The Morgan fingerprint density at radius 2 is 1.68 bits per heavy atom. The van der Waals surface area contributed by atoms with E-state index in [0.717, 1.165) is 13.4 Å². The van der Waals surface area contributed by atoms with Crippen LogP contribution in [0, 0.1) is 0 Å². The largest absolute Gasteiger partial charge is 0.398 e. The van der Waals surface area contributed by atoms with Crippen molar-refractivity contribution in [1.82, 2.24) is 0 Å². The van der Waals surface area contributed by atoms with E-state index in [1.807, 2.05) is 18.2 Å². The number of nitrogens with one attached hydrogen (secondary N) is 1. The predicted octanol–water partition coefficient (Wildman–Crippen LogP) is 4.81. The topological polar surface area (TPSA) is 55.1 Å². The van der Waals surface area contributed by atoms with Crippen molar-refractivity contribution in [1.29, 1.82) is 0 Å². The molecule has 0 saturated heterocycles. The summed E-state index contributed by atoms with van der Waals surface area (Å²) in [6.45, 7) is 0. The maximum Gasteiger partial charge on any atom is 0.255 e. The Kier molecular flexibility index (Phi) is 4.65. The third-order valence-corrected chi connectivity index (χ3v) is 4.34. The fraction of sp³-hybridized carbons (Fsp3) is 0. The van der Waals surface area contributed by atoms with Crippen LogP contribution in [-0.4, -0.2) is 5.91 Å². The van der Waals surface area contributed by atoms with Gasteiger partial charge in [0.25, 0.3) is 5.91 Å². The molecule has 2 aromatic rings. The molecule has 0 aliphatic rings. The van der Waals surface area contributed by atoms with Crippen LogP contribution in [-0.2, 0) is 0 Å². The number of carbonyl (C=O) groups excluding carboxylic acids is 1. The Labute approximate surface area is 136 Å². The van der Waals surface area contributed by atoms with Gasteiger partial charge in [0.15, 0.2) is 0 Å². The number of anilines is 2. The summed E-state index contributed by atoms with van der Waals surface area (Å²) in [6.07, 6.45) is 0. The fourth-order valence-electron chi connectivity index (χ4n) is 1.47. The molecular weight excluding hydrogens is 440 g/mol. The third-order valence-electron chi connectivity index (χ3n) is 2.43. The first kappa shape index (κ1) is 14.6. The molecule has 6 heteroatoms. The first-order chi connectivity index (χ1) is 8.97. The normalized spacial score (nSPS) is 10.3. The van der Waals surface area contributed by atoms with Crippen LogP contribution in [0.25, 0.3) is 0 Å². The Bertz CT molecular complexity index is 644. The number of rotatable bonds is 2. The van der Waals surface area contributed by atoms with E-state index in [2.05, 4.69) is 53.1 Å². The standard InChI is InChI=1S/C13H9Br3N2O/c14-8-2-4-10(16)12(6-8)18-13(19)7-1-3-9(15)11(17)5-7/h1-6H,17H2,(H,18,19). The number of hydrogen-bond acceptors (Lipinski definition) is 2. The van der Waals surface area contributed by atoms with Crippen LogP contribution >= 0.6 is 47.8 Å². The van der Waals surface area contributed by atoms with Crippen LogP contribution in [0.5, 0.6) is 0 Å². The Morgan fingerprint density at radius 3 is 2.37 bits per heavy atom. The van der Waals surface area contributed by atoms with Gasteiger partial charge in [0, 0.05) is 24.7 Å². The highest BCUT2D eigenvalue weighted by Crippen LogP contribution is 2.27. The van der Waals surface area contributed by atoms with E-state index >= 15 is 0 Å². The third kappa shape index (κ3) is 3.58. The lowest BCUT2D eigenvalue weighted by atomic mass is 10.2. The van der Waals surface area contributed by atoms with Gasteiger partial charge in [0.2, 0.25) is 0 Å². The van der Waals surface area contributed by atoms with Gasteiger partial charge in [-0.05, 0) is 68.3 Å². The lowest BCUT2D eigenvalue weighted by Crippen LogP contribution is -2.12. The smallest absolute Gasteiger partial charge is 0.255 e. The average Bonchev–Trinajstić information content (AvgIpc) is 2.37. The van der Waals surface area contributed by atoms with Crippen LogP contribution in [0.3, 0.4) is 0 Å². The van der Waals surface area contributed by atoms with Crippen molar-refractivity contribution >= 4 is 65.1 Å². The minimum atomic E-state index is -0.210. The molecule has 3 N–H and O–H groups in total. The van der Waals surface area contributed by atoms with Gasteiger partial charge in [0.05, 0.1) is 5.69 Å². The first-order valence-electron chi connectivity index (χ1n) is 5.29. The monoisotopic (exact) mass is 446 g/mol. The van der Waals surface area contributed by atoms with Gasteiger partial charge in [-0.3, -0.25) is 4.79 Å². The molecular formula is C13H9Br3N2O. The maximum absolute atomic E-state index is 12.1. The van der Waals surface area contributed by atoms with E-state index < -0.39 is 0 Å². The van der Waals surface area contributed by atoms with Gasteiger partial charge in [0.1, 0.15) is 0 Å². The van der Waals surface area contributed by atoms with Crippen LogP contribution in [0.4, 0.5) is 11.4 Å². The van der Waals surface area contributed by atoms with Crippen LogP contribution in [0.15, 0.2) is 49.8 Å². The summed E-state index contributed by atoms with van der Waals surface area (Å²) in [4.78, 5) is 12.1. The number of halogens is 3. The van der Waals surface area contributed by atoms with Crippen molar-refractivity contribution in [3.05, 3.63) is 55.4 Å². The van der Waals surface area contributed by atoms with Crippen molar-refractivity contribution < 1.29 is 4.79 Å². The van der Waals surface area contributed by atoms with Gasteiger partial charge in [-0.15, -0.1) is 0 Å². The molecule has 0 unspecified atom stereocenters. The molecule has 0 spiro atoms. The Balaban J connectivity index is 2.25. The Hall–Kier alpha value is -0.850. The van der Waals surface area contributed by atoms with E-state index in [4.69, 9.17) is 5.73 Å². The van der Waals surface area contributed by atoms with Crippen LogP contribution in [0.2, 0.25) is 0 Å². The van der Waals surface area contributed by atoms with Crippen molar-refractivity contribution in [2.45, 2.75) is 0 Å². The minimum absolute atomic E-state index is 0.210. The zero-order chi connectivity index (χ0) is 14.0. The summed E-state index contributed by atoms with van der Waals surface area (Å²) >= 11 is 10.1. The predicted molar refractivity (Wildman–Crippen MR) is 88.3 cm³/mol. The van der Waals surface area contributed by atoms with Crippen LogP contribution in [0.1, 0.15) is 10.4 Å². The van der Waals surface area contributed by atoms with Gasteiger partial charge in [-0.25, -0.2) is 0 Å². The summed E-state index contributed by atoms with van der Waals surface area (Å²) in [6, 6.07) is 10.7. The second-order valence-electron chi connectivity index (χ2n) is 3.81. The van der Waals surface area contributed by atoms with Crippen molar-refractivity contribution in [2.75, 3.05) is 11.1 Å². The highest BCUT2D eigenvalue weighted by Gasteiger charge is 2.10. The van der Waals surface area contributed by atoms with E-state index in [-0.39, 0.29) is 5.91 Å². The zero-order valence-corrected chi connectivity index (χ0v) is 14.3. The van der Waals surface area contributed by atoms with E-state index in [9.17, 15) is 4.79 Å². The van der Waals surface area contributed by atoms with E-state index in [1.54, 1.807) is 18.2 Å². The number of nitrogens with two attached hydrogens (primary N) is 1. The quantitative estimate of drug-likeness (QED) is 0.648. The maximum atomic E-state index is 12.1. The molecule has 2 rings (SSSR count). The highest BCUT2D eigenvalue weighted by atomic mass is 79.9. The minimum Gasteiger partial charge on any atom is -0.398 e. The molecule has 0 saturated carbocycles. The average molecular weight is 449 g/mol. The number of carbonyl (C=O) groups is 1.